The lowest BCUT2D eigenvalue weighted by Gasteiger charge is -2.45. The molecular weight excluding hydrogens is 320 g/mol. The van der Waals surface area contributed by atoms with E-state index in [1.165, 1.54) is 10.4 Å². The normalized spacial score (nSPS) is 23.1. The van der Waals surface area contributed by atoms with E-state index < -0.39 is 0 Å². The molecule has 0 saturated carbocycles. The standard InChI is InChI=1S/C19H22N2O2S/c22-18(23-13-15-5-2-1-3-6-15)21-11-4-9-19(14-21)17-16(7-10-20-19)8-12-24-17/h1-3,5-6,8,12,20H,4,7,9-11,13-14H2. The van der Waals surface area contributed by atoms with Crippen LogP contribution < -0.4 is 5.32 Å². The number of nitrogens with one attached hydrogen (secondary N) is 1. The quantitative estimate of drug-likeness (QED) is 0.908. The summed E-state index contributed by atoms with van der Waals surface area (Å²) in [5, 5.41) is 5.87. The summed E-state index contributed by atoms with van der Waals surface area (Å²) in [6.45, 7) is 2.80. The van der Waals surface area contributed by atoms with Crippen LogP contribution in [0.1, 0.15) is 28.8 Å². The molecule has 1 aromatic heterocycles. The molecule has 0 radical (unpaired) electrons. The Labute approximate surface area is 146 Å². The molecule has 1 saturated heterocycles. The van der Waals surface area contributed by atoms with Gasteiger partial charge >= 0.3 is 6.09 Å². The van der Waals surface area contributed by atoms with Crippen molar-refractivity contribution in [2.45, 2.75) is 31.4 Å². The highest BCUT2D eigenvalue weighted by Gasteiger charge is 2.42. The highest BCUT2D eigenvalue weighted by atomic mass is 32.1. The second kappa shape index (κ2) is 6.57. The van der Waals surface area contributed by atoms with Crippen LogP contribution in [0.15, 0.2) is 41.8 Å². The summed E-state index contributed by atoms with van der Waals surface area (Å²) in [4.78, 5) is 15.8. The molecule has 3 heterocycles. The summed E-state index contributed by atoms with van der Waals surface area (Å²) in [7, 11) is 0. The van der Waals surface area contributed by atoms with E-state index in [0.717, 1.165) is 37.9 Å². The molecule has 0 bridgehead atoms. The summed E-state index contributed by atoms with van der Waals surface area (Å²) < 4.78 is 5.53. The second-order valence-corrected chi connectivity index (χ2v) is 7.52. The van der Waals surface area contributed by atoms with Gasteiger partial charge in [0.25, 0.3) is 0 Å². The van der Waals surface area contributed by atoms with E-state index in [1.54, 1.807) is 0 Å². The first kappa shape index (κ1) is 15.7. The van der Waals surface area contributed by atoms with Crippen molar-refractivity contribution in [1.29, 1.82) is 0 Å². The minimum Gasteiger partial charge on any atom is -0.445 e. The van der Waals surface area contributed by atoms with Crippen LogP contribution in [-0.4, -0.2) is 30.6 Å². The van der Waals surface area contributed by atoms with Crippen LogP contribution in [-0.2, 0) is 23.3 Å². The Hall–Kier alpha value is -1.85. The summed E-state index contributed by atoms with van der Waals surface area (Å²) >= 11 is 1.81. The molecule has 4 rings (SSSR count). The molecule has 4 nitrogen and oxygen atoms in total. The van der Waals surface area contributed by atoms with Crippen LogP contribution in [0.5, 0.6) is 0 Å². The number of nitrogens with zero attached hydrogens (tertiary/aromatic N) is 1. The van der Waals surface area contributed by atoms with Crippen molar-refractivity contribution in [2.24, 2.45) is 0 Å². The van der Waals surface area contributed by atoms with Gasteiger partial charge in [-0.3, -0.25) is 0 Å². The largest absolute Gasteiger partial charge is 0.445 e. The molecule has 0 aliphatic carbocycles. The highest BCUT2D eigenvalue weighted by molar-refractivity contribution is 7.10. The molecule has 1 unspecified atom stereocenters. The summed E-state index contributed by atoms with van der Waals surface area (Å²) in [6.07, 6.45) is 2.97. The first-order chi connectivity index (χ1) is 11.8. The van der Waals surface area contributed by atoms with Crippen LogP contribution in [0.25, 0.3) is 0 Å². The third kappa shape index (κ3) is 2.94. The molecule has 2 aliphatic rings. The Kier molecular flexibility index (Phi) is 4.29. The highest BCUT2D eigenvalue weighted by Crippen LogP contribution is 2.39. The molecular formula is C19H22N2O2S. The fourth-order valence-corrected chi connectivity index (χ4v) is 4.98. The molecule has 1 amide bonds. The second-order valence-electron chi connectivity index (χ2n) is 6.60. The summed E-state index contributed by atoms with van der Waals surface area (Å²) in [5.74, 6) is 0. The fourth-order valence-electron chi connectivity index (χ4n) is 3.82. The van der Waals surface area contributed by atoms with E-state index in [-0.39, 0.29) is 11.6 Å². The zero-order valence-corrected chi connectivity index (χ0v) is 14.5. The van der Waals surface area contributed by atoms with Gasteiger partial charge in [-0.2, -0.15) is 0 Å². The number of amides is 1. The van der Waals surface area contributed by atoms with Crippen LogP contribution in [0.4, 0.5) is 4.79 Å². The van der Waals surface area contributed by atoms with Gasteiger partial charge in [-0.05, 0) is 41.8 Å². The SMILES string of the molecule is O=C(OCc1ccccc1)N1CCCC2(C1)NCCc1ccsc12. The molecule has 126 valence electrons. The molecule has 1 fully saturated rings. The first-order valence-electron chi connectivity index (χ1n) is 8.54. The number of carbonyl (C=O) groups excluding carboxylic acids is 1. The third-order valence-corrected chi connectivity index (χ3v) is 6.16. The number of thiophene rings is 1. The maximum Gasteiger partial charge on any atom is 0.410 e. The molecule has 1 N–H and O–H groups in total. The number of hydrogen-bond donors (Lipinski definition) is 1. The molecule has 2 aliphatic heterocycles. The number of ether oxygens (including phenoxy) is 1. The van der Waals surface area contributed by atoms with Crippen LogP contribution in [0.2, 0.25) is 0 Å². The van der Waals surface area contributed by atoms with Gasteiger partial charge in [0.05, 0.1) is 5.54 Å². The summed E-state index contributed by atoms with van der Waals surface area (Å²) in [5.41, 5.74) is 2.39. The number of rotatable bonds is 2. The fraction of sp³-hybridized carbons (Fsp3) is 0.421. The van der Waals surface area contributed by atoms with E-state index in [1.807, 2.05) is 46.6 Å². The Balaban J connectivity index is 1.45. The Morgan fingerprint density at radius 1 is 1.29 bits per heavy atom. The Bertz CT molecular complexity index is 715. The van der Waals surface area contributed by atoms with E-state index in [2.05, 4.69) is 16.8 Å². The molecule has 1 atom stereocenters. The van der Waals surface area contributed by atoms with Crippen LogP contribution in [0, 0.1) is 0 Å². The topological polar surface area (TPSA) is 41.6 Å². The molecule has 5 heteroatoms. The number of fused-ring (bicyclic) bond motifs is 2. The monoisotopic (exact) mass is 342 g/mol. The van der Waals surface area contributed by atoms with Gasteiger partial charge in [0.15, 0.2) is 0 Å². The van der Waals surface area contributed by atoms with Crippen molar-refractivity contribution in [3.05, 3.63) is 57.8 Å². The van der Waals surface area contributed by atoms with Crippen molar-refractivity contribution in [3.8, 4) is 0 Å². The van der Waals surface area contributed by atoms with Crippen molar-refractivity contribution < 1.29 is 9.53 Å². The van der Waals surface area contributed by atoms with Crippen molar-refractivity contribution in [1.82, 2.24) is 10.2 Å². The maximum atomic E-state index is 12.5. The van der Waals surface area contributed by atoms with E-state index in [9.17, 15) is 4.79 Å². The van der Waals surface area contributed by atoms with Crippen LogP contribution >= 0.6 is 11.3 Å². The number of hydrogen-bond acceptors (Lipinski definition) is 4. The molecule has 24 heavy (non-hydrogen) atoms. The van der Waals surface area contributed by atoms with Gasteiger partial charge in [-0.25, -0.2) is 4.79 Å². The van der Waals surface area contributed by atoms with Crippen LogP contribution in [0.3, 0.4) is 0 Å². The Morgan fingerprint density at radius 2 is 2.17 bits per heavy atom. The van der Waals surface area contributed by atoms with E-state index in [0.29, 0.717) is 13.2 Å². The van der Waals surface area contributed by atoms with Gasteiger partial charge in [0.2, 0.25) is 0 Å². The third-order valence-electron chi connectivity index (χ3n) is 4.99. The van der Waals surface area contributed by atoms with E-state index >= 15 is 0 Å². The minimum absolute atomic E-state index is 0.0776. The predicted octanol–water partition coefficient (Wildman–Crippen LogP) is 3.52. The van der Waals surface area contributed by atoms with Gasteiger partial charge in [0, 0.05) is 24.5 Å². The van der Waals surface area contributed by atoms with Crippen molar-refractivity contribution in [3.63, 3.8) is 0 Å². The number of likely N-dealkylation sites (tertiary alicyclic amines) is 1. The zero-order chi connectivity index (χ0) is 16.4. The molecule has 2 aromatic rings. The molecule has 1 aromatic carbocycles. The summed E-state index contributed by atoms with van der Waals surface area (Å²) in [6, 6.07) is 12.1. The lowest BCUT2D eigenvalue weighted by Crippen LogP contribution is -2.57. The van der Waals surface area contributed by atoms with Gasteiger partial charge in [0.1, 0.15) is 6.61 Å². The number of piperidine rings is 1. The average Bonchev–Trinajstić information content (AvgIpc) is 3.11. The maximum absolute atomic E-state index is 12.5. The van der Waals surface area contributed by atoms with Crippen molar-refractivity contribution in [2.75, 3.05) is 19.6 Å². The van der Waals surface area contributed by atoms with E-state index in [4.69, 9.17) is 4.74 Å². The first-order valence-corrected chi connectivity index (χ1v) is 9.42. The smallest absolute Gasteiger partial charge is 0.410 e. The predicted molar refractivity (Wildman–Crippen MR) is 95.1 cm³/mol. The lowest BCUT2D eigenvalue weighted by atomic mass is 9.83. The van der Waals surface area contributed by atoms with Crippen molar-refractivity contribution >= 4 is 17.4 Å². The number of carbonyl (C=O) groups is 1. The van der Waals surface area contributed by atoms with Gasteiger partial charge in [-0.15, -0.1) is 11.3 Å². The Morgan fingerprint density at radius 3 is 3.04 bits per heavy atom. The lowest BCUT2D eigenvalue weighted by molar-refractivity contribution is 0.0639. The molecule has 1 spiro atoms. The van der Waals surface area contributed by atoms with Gasteiger partial charge < -0.3 is 15.0 Å². The minimum atomic E-state index is -0.205. The number of benzene rings is 1. The van der Waals surface area contributed by atoms with Gasteiger partial charge in [-0.1, -0.05) is 30.3 Å². The average molecular weight is 342 g/mol. The zero-order valence-electron chi connectivity index (χ0n) is 13.7.